The van der Waals surface area contributed by atoms with Crippen LogP contribution in [0.4, 0.5) is 0 Å². The minimum atomic E-state index is -0.0647. The molecule has 0 bridgehead atoms. The van der Waals surface area contributed by atoms with Crippen molar-refractivity contribution in [1.82, 2.24) is 0 Å². The Morgan fingerprint density at radius 1 is 0.800 bits per heavy atom. The molecule has 0 saturated carbocycles. The van der Waals surface area contributed by atoms with Crippen LogP contribution in [-0.4, -0.2) is 6.61 Å². The first kappa shape index (κ1) is 17.2. The lowest BCUT2D eigenvalue weighted by molar-refractivity contribution is 0.340. The van der Waals surface area contributed by atoms with E-state index in [9.17, 15) is 0 Å². The Morgan fingerprint density at radius 3 is 2.08 bits per heavy atom. The molecule has 3 rings (SSSR count). The van der Waals surface area contributed by atoms with Gasteiger partial charge in [0.1, 0.15) is 5.75 Å². The van der Waals surface area contributed by atoms with Crippen molar-refractivity contribution in [2.45, 2.75) is 33.1 Å². The third-order valence-corrected chi connectivity index (χ3v) is 4.09. The fourth-order valence-electron chi connectivity index (χ4n) is 2.69. The van der Waals surface area contributed by atoms with Crippen molar-refractivity contribution in [3.63, 3.8) is 0 Å². The lowest BCUT2D eigenvalue weighted by Gasteiger charge is -2.11. The number of ether oxygens (including phenoxy) is 1. The molecule has 0 radical (unpaired) electrons. The van der Waals surface area contributed by atoms with E-state index in [2.05, 4.69) is 57.2 Å². The van der Waals surface area contributed by atoms with Crippen LogP contribution in [0.25, 0.3) is 22.5 Å². The zero-order chi connectivity index (χ0) is 17.9. The van der Waals surface area contributed by atoms with Gasteiger partial charge in [0.2, 0.25) is 0 Å². The summed E-state index contributed by atoms with van der Waals surface area (Å²) in [5, 5.41) is 0. The van der Waals surface area contributed by atoms with Gasteiger partial charge in [-0.3, -0.25) is 0 Å². The molecule has 0 saturated heterocycles. The van der Waals surface area contributed by atoms with E-state index in [-0.39, 0.29) is 5.41 Å². The van der Waals surface area contributed by atoms with Crippen LogP contribution >= 0.6 is 0 Å². The highest BCUT2D eigenvalue weighted by Gasteiger charge is 2.29. The van der Waals surface area contributed by atoms with Gasteiger partial charge in [0.15, 0.2) is 0 Å². The van der Waals surface area contributed by atoms with Crippen LogP contribution in [-0.2, 0) is 5.41 Å². The molecular formula is C23H25O2+. The lowest BCUT2D eigenvalue weighted by atomic mass is 9.90. The minimum Gasteiger partial charge on any atom is -0.494 e. The van der Waals surface area contributed by atoms with Crippen LogP contribution in [0, 0.1) is 0 Å². The largest absolute Gasteiger partial charge is 0.494 e. The van der Waals surface area contributed by atoms with Crippen LogP contribution in [0.1, 0.15) is 33.5 Å². The van der Waals surface area contributed by atoms with Crippen molar-refractivity contribution in [3.05, 3.63) is 72.5 Å². The van der Waals surface area contributed by atoms with Crippen LogP contribution < -0.4 is 4.74 Å². The Kier molecular flexibility index (Phi) is 4.89. The minimum absolute atomic E-state index is 0.0647. The molecule has 25 heavy (non-hydrogen) atoms. The summed E-state index contributed by atoms with van der Waals surface area (Å²) in [7, 11) is 0. The highest BCUT2D eigenvalue weighted by molar-refractivity contribution is 5.70. The Bertz CT molecular complexity index is 828. The maximum Gasteiger partial charge on any atom is 0.360 e. The molecule has 0 N–H and O–H groups in total. The summed E-state index contributed by atoms with van der Waals surface area (Å²) in [4.78, 5) is 0. The van der Waals surface area contributed by atoms with Crippen molar-refractivity contribution in [3.8, 4) is 28.2 Å². The average molecular weight is 333 g/mol. The van der Waals surface area contributed by atoms with E-state index in [0.717, 1.165) is 22.8 Å². The third kappa shape index (κ3) is 4.08. The highest BCUT2D eigenvalue weighted by atomic mass is 16.5. The maximum atomic E-state index is 6.25. The Balaban J connectivity index is 2.09. The standard InChI is InChI=1S/C23H25O2/c1-5-24-20-13-11-18(12-14-20)21-15-19(17-9-7-6-8-10-17)16-22(25-21)23(2,3)4/h6-16H,5H2,1-4H3/q+1. The van der Waals surface area contributed by atoms with E-state index in [1.54, 1.807) is 0 Å². The lowest BCUT2D eigenvalue weighted by Crippen LogP contribution is -2.11. The summed E-state index contributed by atoms with van der Waals surface area (Å²) in [6.07, 6.45) is 0. The fourth-order valence-corrected chi connectivity index (χ4v) is 2.69. The summed E-state index contributed by atoms with van der Waals surface area (Å²) in [5.74, 6) is 2.72. The molecule has 2 aromatic carbocycles. The molecule has 0 amide bonds. The molecule has 128 valence electrons. The van der Waals surface area contributed by atoms with Crippen molar-refractivity contribution < 1.29 is 9.15 Å². The summed E-state index contributed by atoms with van der Waals surface area (Å²) in [6.45, 7) is 9.16. The van der Waals surface area contributed by atoms with E-state index < -0.39 is 0 Å². The summed E-state index contributed by atoms with van der Waals surface area (Å²) < 4.78 is 11.8. The molecular weight excluding hydrogens is 308 g/mol. The molecule has 2 heteroatoms. The first-order valence-corrected chi connectivity index (χ1v) is 8.74. The molecule has 0 aliphatic carbocycles. The van der Waals surface area contributed by atoms with Crippen molar-refractivity contribution >= 4 is 0 Å². The van der Waals surface area contributed by atoms with E-state index in [0.29, 0.717) is 6.61 Å². The van der Waals surface area contributed by atoms with E-state index in [1.807, 2.05) is 37.3 Å². The van der Waals surface area contributed by atoms with Crippen LogP contribution in [0.2, 0.25) is 0 Å². The van der Waals surface area contributed by atoms with Gasteiger partial charge in [0.25, 0.3) is 0 Å². The van der Waals surface area contributed by atoms with Gasteiger partial charge in [-0.2, -0.15) is 0 Å². The Hall–Kier alpha value is -2.61. The SMILES string of the molecule is CCOc1ccc(-c2cc(-c3ccccc3)cc(C(C)(C)C)[o+]2)cc1. The quantitative estimate of drug-likeness (QED) is 0.502. The number of hydrogen-bond donors (Lipinski definition) is 0. The maximum absolute atomic E-state index is 6.25. The van der Waals surface area contributed by atoms with Crippen molar-refractivity contribution in [1.29, 1.82) is 0 Å². The Labute approximate surface area is 150 Å². The zero-order valence-electron chi connectivity index (χ0n) is 15.4. The molecule has 0 unspecified atom stereocenters. The van der Waals surface area contributed by atoms with Crippen LogP contribution in [0.5, 0.6) is 5.75 Å². The summed E-state index contributed by atoms with van der Waals surface area (Å²) in [5.41, 5.74) is 3.34. The van der Waals surface area contributed by atoms with Gasteiger partial charge in [-0.15, -0.1) is 0 Å². The summed E-state index contributed by atoms with van der Waals surface area (Å²) >= 11 is 0. The molecule has 0 fully saturated rings. The highest BCUT2D eigenvalue weighted by Crippen LogP contribution is 2.33. The first-order chi connectivity index (χ1) is 12.0. The van der Waals surface area contributed by atoms with Crippen LogP contribution in [0.3, 0.4) is 0 Å². The van der Waals surface area contributed by atoms with Crippen molar-refractivity contribution in [2.24, 2.45) is 0 Å². The molecule has 0 atom stereocenters. The van der Waals surface area contributed by atoms with Gasteiger partial charge in [0.05, 0.1) is 23.7 Å². The molecule has 0 aliphatic rings. The van der Waals surface area contributed by atoms with Gasteiger partial charge in [-0.05, 0) is 57.5 Å². The number of hydrogen-bond acceptors (Lipinski definition) is 1. The van der Waals surface area contributed by atoms with Gasteiger partial charge < -0.3 is 4.74 Å². The van der Waals surface area contributed by atoms with Crippen LogP contribution in [0.15, 0.2) is 71.1 Å². The monoisotopic (exact) mass is 333 g/mol. The van der Waals surface area contributed by atoms with Gasteiger partial charge in [0, 0.05) is 11.6 Å². The normalized spacial score (nSPS) is 11.4. The zero-order valence-corrected chi connectivity index (χ0v) is 15.4. The number of benzene rings is 2. The summed E-state index contributed by atoms with van der Waals surface area (Å²) in [6, 6.07) is 22.7. The van der Waals surface area contributed by atoms with Gasteiger partial charge >= 0.3 is 11.5 Å². The molecule has 3 aromatic rings. The Morgan fingerprint density at radius 2 is 1.48 bits per heavy atom. The predicted octanol–water partition coefficient (Wildman–Crippen LogP) is 6.59. The second kappa shape index (κ2) is 7.10. The fraction of sp³-hybridized carbons (Fsp3) is 0.261. The van der Waals surface area contributed by atoms with Crippen molar-refractivity contribution in [2.75, 3.05) is 6.61 Å². The first-order valence-electron chi connectivity index (χ1n) is 8.74. The van der Waals surface area contributed by atoms with E-state index in [1.165, 1.54) is 11.1 Å². The third-order valence-electron chi connectivity index (χ3n) is 4.09. The molecule has 1 heterocycles. The van der Waals surface area contributed by atoms with E-state index >= 15 is 0 Å². The van der Waals surface area contributed by atoms with Gasteiger partial charge in [-0.25, -0.2) is 4.42 Å². The van der Waals surface area contributed by atoms with E-state index in [4.69, 9.17) is 9.15 Å². The smallest absolute Gasteiger partial charge is 0.360 e. The second-order valence-corrected chi connectivity index (χ2v) is 7.15. The molecule has 0 spiro atoms. The molecule has 0 aliphatic heterocycles. The average Bonchev–Trinajstić information content (AvgIpc) is 2.62. The topological polar surface area (TPSA) is 20.5 Å². The van der Waals surface area contributed by atoms with Gasteiger partial charge in [-0.1, -0.05) is 30.3 Å². The number of rotatable bonds is 4. The second-order valence-electron chi connectivity index (χ2n) is 7.15. The predicted molar refractivity (Wildman–Crippen MR) is 104 cm³/mol. The molecule has 2 nitrogen and oxygen atoms in total. The molecule has 1 aromatic heterocycles.